The Morgan fingerprint density at radius 3 is 2.38 bits per heavy atom. The number of anilines is 2. The third kappa shape index (κ3) is 4.73. The Labute approximate surface area is 146 Å². The first-order valence-corrected chi connectivity index (χ1v) is 7.75. The average Bonchev–Trinajstić information content (AvgIpc) is 2.55. The van der Waals surface area contributed by atoms with E-state index in [1.165, 1.54) is 0 Å². The molecule has 1 N–H and O–H groups in total. The van der Waals surface area contributed by atoms with E-state index in [9.17, 15) is 9.59 Å². The summed E-state index contributed by atoms with van der Waals surface area (Å²) in [4.78, 5) is 25.8. The van der Waals surface area contributed by atoms with Crippen LogP contribution in [0.25, 0.3) is 0 Å². The Bertz CT molecular complexity index is 742. The van der Waals surface area contributed by atoms with E-state index in [-0.39, 0.29) is 6.61 Å². The second-order valence-electron chi connectivity index (χ2n) is 5.52. The van der Waals surface area contributed by atoms with E-state index in [0.29, 0.717) is 16.3 Å². The molecule has 2 rings (SSSR count). The largest absolute Gasteiger partial charge is 0.452 e. The maximum atomic E-state index is 12.0. The first-order valence-electron chi connectivity index (χ1n) is 7.37. The van der Waals surface area contributed by atoms with Gasteiger partial charge in [-0.2, -0.15) is 0 Å². The van der Waals surface area contributed by atoms with Crippen LogP contribution in [-0.4, -0.2) is 32.6 Å². The zero-order chi connectivity index (χ0) is 17.7. The number of carbonyl (C=O) groups is 2. The quantitative estimate of drug-likeness (QED) is 0.842. The minimum Gasteiger partial charge on any atom is -0.452 e. The molecule has 0 fully saturated rings. The molecule has 6 heteroatoms. The minimum atomic E-state index is -0.539. The van der Waals surface area contributed by atoms with Crippen molar-refractivity contribution < 1.29 is 14.3 Å². The molecule has 24 heavy (non-hydrogen) atoms. The third-order valence-corrected chi connectivity index (χ3v) is 3.65. The van der Waals surface area contributed by atoms with Gasteiger partial charge < -0.3 is 15.0 Å². The van der Waals surface area contributed by atoms with Crippen molar-refractivity contribution in [2.24, 2.45) is 0 Å². The molecule has 2 aromatic carbocycles. The van der Waals surface area contributed by atoms with Gasteiger partial charge in [0, 0.05) is 30.5 Å². The monoisotopic (exact) mass is 346 g/mol. The van der Waals surface area contributed by atoms with Crippen LogP contribution in [0.2, 0.25) is 5.02 Å². The fraction of sp³-hybridized carbons (Fsp3) is 0.222. The van der Waals surface area contributed by atoms with Crippen LogP contribution in [0.1, 0.15) is 15.9 Å². The summed E-state index contributed by atoms with van der Waals surface area (Å²) in [6, 6.07) is 12.1. The minimum absolute atomic E-state index is 0.351. The van der Waals surface area contributed by atoms with Gasteiger partial charge in [-0.15, -0.1) is 0 Å². The summed E-state index contributed by atoms with van der Waals surface area (Å²) in [5, 5.41) is 3.28. The Kier molecular flexibility index (Phi) is 5.82. The summed E-state index contributed by atoms with van der Waals surface area (Å²) in [7, 11) is 3.83. The Balaban J connectivity index is 1.90. The second-order valence-corrected chi connectivity index (χ2v) is 5.96. The van der Waals surface area contributed by atoms with Crippen LogP contribution in [0.15, 0.2) is 42.5 Å². The number of nitrogens with zero attached hydrogens (tertiary/aromatic N) is 1. The molecule has 0 unspecified atom stereocenters. The Morgan fingerprint density at radius 1 is 1.12 bits per heavy atom. The zero-order valence-corrected chi connectivity index (χ0v) is 14.6. The SMILES string of the molecule is Cc1cc(Cl)ccc1NC(=O)COC(=O)c1ccc(N(C)C)cc1. The number of aryl methyl sites for hydroxylation is 1. The fourth-order valence-corrected chi connectivity index (χ4v) is 2.29. The average molecular weight is 347 g/mol. The molecule has 0 heterocycles. The molecular formula is C18H19ClN2O3. The second kappa shape index (κ2) is 7.84. The highest BCUT2D eigenvalue weighted by Crippen LogP contribution is 2.19. The van der Waals surface area contributed by atoms with E-state index in [1.54, 1.807) is 30.3 Å². The Hall–Kier alpha value is -2.53. The topological polar surface area (TPSA) is 58.6 Å². The van der Waals surface area contributed by atoms with Gasteiger partial charge >= 0.3 is 5.97 Å². The van der Waals surface area contributed by atoms with Gasteiger partial charge in [0.25, 0.3) is 5.91 Å². The highest BCUT2D eigenvalue weighted by molar-refractivity contribution is 6.30. The van der Waals surface area contributed by atoms with Crippen molar-refractivity contribution in [3.8, 4) is 0 Å². The van der Waals surface area contributed by atoms with Gasteiger partial charge in [0.1, 0.15) is 0 Å². The van der Waals surface area contributed by atoms with Crippen LogP contribution in [0.5, 0.6) is 0 Å². The highest BCUT2D eigenvalue weighted by Gasteiger charge is 2.11. The zero-order valence-electron chi connectivity index (χ0n) is 13.8. The van der Waals surface area contributed by atoms with E-state index in [2.05, 4.69) is 5.32 Å². The van der Waals surface area contributed by atoms with Gasteiger partial charge in [-0.1, -0.05) is 11.6 Å². The molecule has 126 valence electrons. The van der Waals surface area contributed by atoms with Crippen LogP contribution in [0.3, 0.4) is 0 Å². The number of hydrogen-bond acceptors (Lipinski definition) is 4. The maximum Gasteiger partial charge on any atom is 0.338 e. The van der Waals surface area contributed by atoms with Crippen molar-refractivity contribution in [3.63, 3.8) is 0 Å². The molecule has 1 amide bonds. The molecule has 0 saturated heterocycles. The molecule has 0 aliphatic heterocycles. The molecule has 0 aromatic heterocycles. The van der Waals surface area contributed by atoms with Crippen molar-refractivity contribution in [1.82, 2.24) is 0 Å². The molecule has 5 nitrogen and oxygen atoms in total. The first-order chi connectivity index (χ1) is 11.4. The van der Waals surface area contributed by atoms with Crippen LogP contribution in [0.4, 0.5) is 11.4 Å². The number of ether oxygens (including phenoxy) is 1. The molecular weight excluding hydrogens is 328 g/mol. The lowest BCUT2D eigenvalue weighted by atomic mass is 10.2. The lowest BCUT2D eigenvalue weighted by molar-refractivity contribution is -0.119. The number of carbonyl (C=O) groups excluding carboxylic acids is 2. The summed E-state index contributed by atoms with van der Waals surface area (Å²) in [6.45, 7) is 1.48. The van der Waals surface area contributed by atoms with E-state index in [4.69, 9.17) is 16.3 Å². The normalized spacial score (nSPS) is 10.2. The number of nitrogens with one attached hydrogen (secondary N) is 1. The van der Waals surface area contributed by atoms with Crippen LogP contribution in [-0.2, 0) is 9.53 Å². The van der Waals surface area contributed by atoms with Gasteiger partial charge in [0.2, 0.25) is 0 Å². The summed E-state index contributed by atoms with van der Waals surface area (Å²) < 4.78 is 5.04. The molecule has 0 bridgehead atoms. The first kappa shape index (κ1) is 17.8. The van der Waals surface area contributed by atoms with Crippen LogP contribution < -0.4 is 10.2 Å². The number of esters is 1. The predicted octanol–water partition coefficient (Wildman–Crippen LogP) is 3.51. The van der Waals surface area contributed by atoms with Crippen molar-refractivity contribution >= 4 is 34.9 Å². The fourth-order valence-electron chi connectivity index (χ4n) is 2.06. The van der Waals surface area contributed by atoms with Crippen LogP contribution >= 0.6 is 11.6 Å². The smallest absolute Gasteiger partial charge is 0.338 e. The molecule has 2 aromatic rings. The van der Waals surface area contributed by atoms with Crippen LogP contribution in [0, 0.1) is 6.92 Å². The van der Waals surface area contributed by atoms with Gasteiger partial charge in [-0.05, 0) is 55.0 Å². The highest BCUT2D eigenvalue weighted by atomic mass is 35.5. The lowest BCUT2D eigenvalue weighted by Gasteiger charge is -2.12. The van der Waals surface area contributed by atoms with Crippen molar-refractivity contribution in [3.05, 3.63) is 58.6 Å². The number of halogens is 1. The van der Waals surface area contributed by atoms with E-state index >= 15 is 0 Å². The summed E-state index contributed by atoms with van der Waals surface area (Å²) in [6.07, 6.45) is 0. The van der Waals surface area contributed by atoms with E-state index in [0.717, 1.165) is 11.3 Å². The molecule has 0 aliphatic carbocycles. The Morgan fingerprint density at radius 2 is 1.79 bits per heavy atom. The van der Waals surface area contributed by atoms with Crippen molar-refractivity contribution in [1.29, 1.82) is 0 Å². The molecule has 0 atom stereocenters. The molecule has 0 radical (unpaired) electrons. The molecule has 0 aliphatic rings. The van der Waals surface area contributed by atoms with Gasteiger partial charge in [-0.3, -0.25) is 4.79 Å². The van der Waals surface area contributed by atoms with Gasteiger partial charge in [-0.25, -0.2) is 4.79 Å². The van der Waals surface area contributed by atoms with E-state index < -0.39 is 11.9 Å². The summed E-state index contributed by atoms with van der Waals surface area (Å²) >= 11 is 5.87. The third-order valence-electron chi connectivity index (χ3n) is 3.42. The standard InChI is InChI=1S/C18H19ClN2O3/c1-12-10-14(19)6-9-16(12)20-17(22)11-24-18(23)13-4-7-15(8-5-13)21(2)3/h4-10H,11H2,1-3H3,(H,20,22). The number of rotatable bonds is 5. The molecule has 0 saturated carbocycles. The lowest BCUT2D eigenvalue weighted by Crippen LogP contribution is -2.21. The number of amides is 1. The number of hydrogen-bond donors (Lipinski definition) is 1. The maximum absolute atomic E-state index is 12.0. The predicted molar refractivity (Wildman–Crippen MR) is 95.9 cm³/mol. The number of benzene rings is 2. The van der Waals surface area contributed by atoms with Crippen molar-refractivity contribution in [2.75, 3.05) is 30.9 Å². The van der Waals surface area contributed by atoms with Gasteiger partial charge in [0.15, 0.2) is 6.61 Å². The summed E-state index contributed by atoms with van der Waals surface area (Å²) in [5.74, 6) is -0.943. The molecule has 0 spiro atoms. The van der Waals surface area contributed by atoms with Crippen molar-refractivity contribution in [2.45, 2.75) is 6.92 Å². The van der Waals surface area contributed by atoms with E-state index in [1.807, 2.05) is 38.1 Å². The van der Waals surface area contributed by atoms with Gasteiger partial charge in [0.05, 0.1) is 5.56 Å². The summed E-state index contributed by atoms with van der Waals surface area (Å²) in [5.41, 5.74) is 2.84.